The SMILES string of the molecule is COc1ccc(Cl)c(C2=CC3NC(=O)N(c4cncc5sc(C#N)c(C)c45)C(=O)C3S2)c1. The van der Waals surface area contributed by atoms with Crippen LogP contribution in [0.1, 0.15) is 16.0 Å². The number of nitrogens with one attached hydrogen (secondary N) is 1. The van der Waals surface area contributed by atoms with Gasteiger partial charge in [-0.3, -0.25) is 9.78 Å². The van der Waals surface area contributed by atoms with Crippen LogP contribution < -0.4 is 15.0 Å². The van der Waals surface area contributed by atoms with Crippen molar-refractivity contribution in [3.8, 4) is 11.8 Å². The van der Waals surface area contributed by atoms with Crippen molar-refractivity contribution >= 4 is 67.3 Å². The number of aromatic nitrogens is 1. The minimum atomic E-state index is -0.547. The molecule has 32 heavy (non-hydrogen) atoms. The van der Waals surface area contributed by atoms with Crippen molar-refractivity contribution in [3.05, 3.63) is 57.7 Å². The van der Waals surface area contributed by atoms with E-state index in [0.29, 0.717) is 26.7 Å². The minimum absolute atomic E-state index is 0.340. The number of halogens is 1. The van der Waals surface area contributed by atoms with Gasteiger partial charge in [0.2, 0.25) is 0 Å². The molecule has 2 aliphatic rings. The molecular formula is C22H15ClN4O3S2. The highest BCUT2D eigenvalue weighted by Gasteiger charge is 2.46. The Balaban J connectivity index is 1.53. The van der Waals surface area contributed by atoms with Gasteiger partial charge in [-0.1, -0.05) is 11.6 Å². The zero-order valence-corrected chi connectivity index (χ0v) is 19.3. The van der Waals surface area contributed by atoms with Crippen LogP contribution in [-0.4, -0.2) is 35.3 Å². The number of fused-ring (bicyclic) bond motifs is 2. The van der Waals surface area contributed by atoms with Gasteiger partial charge in [-0.05, 0) is 36.8 Å². The van der Waals surface area contributed by atoms with Crippen LogP contribution in [0, 0.1) is 18.3 Å². The lowest BCUT2D eigenvalue weighted by molar-refractivity contribution is -0.118. The van der Waals surface area contributed by atoms with Gasteiger partial charge < -0.3 is 10.1 Å². The third-order valence-corrected chi connectivity index (χ3v) is 8.29. The van der Waals surface area contributed by atoms with Gasteiger partial charge in [0.25, 0.3) is 5.91 Å². The average Bonchev–Trinajstić information content (AvgIpc) is 3.35. The van der Waals surface area contributed by atoms with Crippen molar-refractivity contribution < 1.29 is 14.3 Å². The third kappa shape index (κ3) is 3.14. The van der Waals surface area contributed by atoms with E-state index in [9.17, 15) is 14.9 Å². The molecule has 3 aromatic rings. The summed E-state index contributed by atoms with van der Waals surface area (Å²) >= 11 is 9.04. The smallest absolute Gasteiger partial charge is 0.329 e. The summed E-state index contributed by atoms with van der Waals surface area (Å²) in [6, 6.07) is 6.50. The molecule has 1 N–H and O–H groups in total. The lowest BCUT2D eigenvalue weighted by Crippen LogP contribution is -2.60. The highest BCUT2D eigenvalue weighted by molar-refractivity contribution is 8.09. The molecule has 1 saturated heterocycles. The molecule has 10 heteroatoms. The molecule has 4 heterocycles. The number of nitriles is 1. The maximum atomic E-state index is 13.5. The van der Waals surface area contributed by atoms with E-state index >= 15 is 0 Å². The van der Waals surface area contributed by atoms with Crippen molar-refractivity contribution in [2.45, 2.75) is 18.2 Å². The monoisotopic (exact) mass is 482 g/mol. The Morgan fingerprint density at radius 2 is 2.12 bits per heavy atom. The number of benzene rings is 1. The first-order valence-corrected chi connectivity index (χ1v) is 11.6. The van der Waals surface area contributed by atoms with E-state index in [0.717, 1.165) is 25.6 Å². The number of thiophene rings is 1. The summed E-state index contributed by atoms with van der Waals surface area (Å²) in [6.07, 6.45) is 4.99. The van der Waals surface area contributed by atoms with E-state index in [1.807, 2.05) is 19.1 Å². The van der Waals surface area contributed by atoms with Crippen LogP contribution in [0.2, 0.25) is 5.02 Å². The summed E-state index contributed by atoms with van der Waals surface area (Å²) in [6.45, 7) is 1.81. The van der Waals surface area contributed by atoms with E-state index in [-0.39, 0.29) is 5.91 Å². The van der Waals surface area contributed by atoms with Gasteiger partial charge in [0.15, 0.2) is 0 Å². The number of hydrogen-bond acceptors (Lipinski definition) is 7. The molecule has 0 radical (unpaired) electrons. The molecule has 7 nitrogen and oxygen atoms in total. The number of pyridine rings is 1. The number of carbonyl (C=O) groups is 2. The first kappa shape index (κ1) is 20.8. The first-order valence-electron chi connectivity index (χ1n) is 9.57. The number of aryl methyl sites for hydroxylation is 1. The number of ether oxygens (including phenoxy) is 1. The quantitative estimate of drug-likeness (QED) is 0.580. The van der Waals surface area contributed by atoms with Crippen molar-refractivity contribution in [1.29, 1.82) is 5.26 Å². The van der Waals surface area contributed by atoms with E-state index in [1.54, 1.807) is 25.4 Å². The fraction of sp³-hybridized carbons (Fsp3) is 0.182. The summed E-state index contributed by atoms with van der Waals surface area (Å²) in [5.74, 6) is 0.309. The molecule has 1 aromatic carbocycles. The van der Waals surface area contributed by atoms with Crippen molar-refractivity contribution in [3.63, 3.8) is 0 Å². The lowest BCUT2D eigenvalue weighted by atomic mass is 10.1. The van der Waals surface area contributed by atoms with Gasteiger partial charge in [0, 0.05) is 27.1 Å². The van der Waals surface area contributed by atoms with Crippen molar-refractivity contribution in [2.75, 3.05) is 12.0 Å². The van der Waals surface area contributed by atoms with E-state index in [4.69, 9.17) is 16.3 Å². The van der Waals surface area contributed by atoms with Crippen LogP contribution in [0.15, 0.2) is 36.7 Å². The second-order valence-corrected chi connectivity index (χ2v) is 9.91. The molecule has 0 aliphatic carbocycles. The standard InChI is InChI=1S/C22H15ClN4O3S2/c1-10-17(7-24)31-18-9-25-8-15(19(10)18)27-21(28)20-14(26-22(27)29)6-16(32-20)12-5-11(30-2)3-4-13(12)23/h3-6,8-9,14,20H,1-2H3,(H,26,29). The van der Waals surface area contributed by atoms with E-state index in [1.165, 1.54) is 29.3 Å². The second kappa shape index (κ2) is 7.81. The molecule has 2 unspecified atom stereocenters. The van der Waals surface area contributed by atoms with Crippen molar-refractivity contribution in [1.82, 2.24) is 10.3 Å². The van der Waals surface area contributed by atoms with Gasteiger partial charge in [-0.15, -0.1) is 23.1 Å². The minimum Gasteiger partial charge on any atom is -0.497 e. The van der Waals surface area contributed by atoms with Crippen LogP contribution in [0.4, 0.5) is 10.5 Å². The van der Waals surface area contributed by atoms with E-state index < -0.39 is 17.3 Å². The number of methoxy groups -OCH3 is 1. The molecule has 0 spiro atoms. The van der Waals surface area contributed by atoms with Crippen molar-refractivity contribution in [2.24, 2.45) is 0 Å². The Morgan fingerprint density at radius 1 is 1.31 bits per heavy atom. The molecule has 5 rings (SSSR count). The number of rotatable bonds is 3. The molecule has 2 aromatic heterocycles. The number of carbonyl (C=O) groups excluding carboxylic acids is 2. The molecule has 0 bridgehead atoms. The number of amides is 3. The van der Waals surface area contributed by atoms with Gasteiger partial charge >= 0.3 is 6.03 Å². The highest BCUT2D eigenvalue weighted by Crippen LogP contribution is 2.46. The summed E-state index contributed by atoms with van der Waals surface area (Å²) in [7, 11) is 1.57. The Hall–Kier alpha value is -3.06. The van der Waals surface area contributed by atoms with E-state index in [2.05, 4.69) is 16.4 Å². The molecule has 3 amide bonds. The summed E-state index contributed by atoms with van der Waals surface area (Å²) in [5, 5.41) is 13.0. The van der Waals surface area contributed by atoms with Crippen LogP contribution >= 0.6 is 34.7 Å². The van der Waals surface area contributed by atoms with Crippen LogP contribution in [0.3, 0.4) is 0 Å². The predicted octanol–water partition coefficient (Wildman–Crippen LogP) is 4.72. The topological polar surface area (TPSA) is 95.3 Å². The Morgan fingerprint density at radius 3 is 2.88 bits per heavy atom. The number of nitrogens with zero attached hydrogens (tertiary/aromatic N) is 3. The second-order valence-electron chi connectivity index (χ2n) is 7.26. The summed E-state index contributed by atoms with van der Waals surface area (Å²) in [4.78, 5) is 33.2. The summed E-state index contributed by atoms with van der Waals surface area (Å²) < 4.78 is 6.05. The molecule has 2 aliphatic heterocycles. The Kier molecular flexibility index (Phi) is 5.08. The van der Waals surface area contributed by atoms with Gasteiger partial charge in [0.1, 0.15) is 21.9 Å². The van der Waals surface area contributed by atoms with Crippen LogP contribution in [0.25, 0.3) is 15.0 Å². The molecule has 0 saturated carbocycles. The fourth-order valence-electron chi connectivity index (χ4n) is 3.92. The fourth-order valence-corrected chi connectivity index (χ4v) is 6.48. The van der Waals surface area contributed by atoms with Gasteiger partial charge in [-0.25, -0.2) is 9.69 Å². The van der Waals surface area contributed by atoms with Crippen LogP contribution in [0.5, 0.6) is 5.75 Å². The number of imide groups is 1. The average molecular weight is 483 g/mol. The summed E-state index contributed by atoms with van der Waals surface area (Å²) in [5.41, 5.74) is 1.86. The number of thioether (sulfide) groups is 1. The third-order valence-electron chi connectivity index (χ3n) is 5.47. The molecule has 160 valence electrons. The molecule has 2 atom stereocenters. The molecule has 1 fully saturated rings. The Labute approximate surface area is 196 Å². The highest BCUT2D eigenvalue weighted by atomic mass is 35.5. The normalized spacial score (nSPS) is 20.1. The van der Waals surface area contributed by atoms with Gasteiger partial charge in [0.05, 0.1) is 29.7 Å². The largest absolute Gasteiger partial charge is 0.497 e. The molecular weight excluding hydrogens is 468 g/mol. The Bertz CT molecular complexity index is 1380. The zero-order valence-electron chi connectivity index (χ0n) is 16.9. The predicted molar refractivity (Wildman–Crippen MR) is 126 cm³/mol. The van der Waals surface area contributed by atoms with Gasteiger partial charge in [-0.2, -0.15) is 5.26 Å². The maximum absolute atomic E-state index is 13.5. The lowest BCUT2D eigenvalue weighted by Gasteiger charge is -2.33. The number of hydrogen-bond donors (Lipinski definition) is 1. The maximum Gasteiger partial charge on any atom is 0.329 e. The first-order chi connectivity index (χ1) is 15.4. The number of anilines is 1. The number of urea groups is 1. The zero-order chi connectivity index (χ0) is 22.6. The van der Waals surface area contributed by atoms with Crippen LogP contribution in [-0.2, 0) is 4.79 Å².